The topological polar surface area (TPSA) is 83.4 Å². The SMILES string of the molecule is CCOCC(N)c1noc(C2CCOCC2)n1. The predicted octanol–water partition coefficient (Wildman–Crippen LogP) is 1.000. The van der Waals surface area contributed by atoms with Crippen LogP contribution in [0.4, 0.5) is 0 Å². The first-order valence-electron chi connectivity index (χ1n) is 6.05. The summed E-state index contributed by atoms with van der Waals surface area (Å²) in [4.78, 5) is 4.35. The van der Waals surface area contributed by atoms with Crippen LogP contribution in [-0.4, -0.2) is 36.6 Å². The van der Waals surface area contributed by atoms with E-state index >= 15 is 0 Å². The molecule has 0 spiro atoms. The van der Waals surface area contributed by atoms with Crippen molar-refractivity contribution in [3.05, 3.63) is 11.7 Å². The molecule has 6 nitrogen and oxygen atoms in total. The first-order chi connectivity index (χ1) is 8.31. The van der Waals surface area contributed by atoms with Gasteiger partial charge in [0.1, 0.15) is 0 Å². The van der Waals surface area contributed by atoms with Crippen molar-refractivity contribution in [2.75, 3.05) is 26.4 Å². The van der Waals surface area contributed by atoms with Gasteiger partial charge in [-0.3, -0.25) is 0 Å². The Bertz CT molecular complexity index is 336. The second-order valence-corrected chi connectivity index (χ2v) is 4.14. The molecule has 0 aliphatic carbocycles. The number of hydrogen-bond donors (Lipinski definition) is 1. The Labute approximate surface area is 100 Å². The van der Waals surface area contributed by atoms with Crippen molar-refractivity contribution < 1.29 is 14.0 Å². The molecule has 1 aliphatic heterocycles. The molecule has 0 bridgehead atoms. The fourth-order valence-corrected chi connectivity index (χ4v) is 1.83. The van der Waals surface area contributed by atoms with Gasteiger partial charge in [-0.15, -0.1) is 0 Å². The molecule has 96 valence electrons. The van der Waals surface area contributed by atoms with Gasteiger partial charge in [0.15, 0.2) is 5.82 Å². The highest BCUT2D eigenvalue weighted by molar-refractivity contribution is 4.98. The van der Waals surface area contributed by atoms with Crippen LogP contribution in [0.5, 0.6) is 0 Å². The van der Waals surface area contributed by atoms with E-state index in [1.807, 2.05) is 6.92 Å². The summed E-state index contributed by atoms with van der Waals surface area (Å²) in [5.41, 5.74) is 5.89. The molecule has 2 rings (SSSR count). The maximum Gasteiger partial charge on any atom is 0.229 e. The van der Waals surface area contributed by atoms with Gasteiger partial charge in [0.05, 0.1) is 12.6 Å². The fourth-order valence-electron chi connectivity index (χ4n) is 1.83. The second kappa shape index (κ2) is 6.09. The standard InChI is InChI=1S/C11H19N3O3/c1-2-15-7-9(12)10-13-11(17-14-10)8-3-5-16-6-4-8/h8-9H,2-7,12H2,1H3. The van der Waals surface area contributed by atoms with E-state index in [9.17, 15) is 0 Å². The smallest absolute Gasteiger partial charge is 0.229 e. The zero-order valence-electron chi connectivity index (χ0n) is 10.1. The summed E-state index contributed by atoms with van der Waals surface area (Å²) in [7, 11) is 0. The van der Waals surface area contributed by atoms with Gasteiger partial charge in [0.2, 0.25) is 5.89 Å². The van der Waals surface area contributed by atoms with Crippen LogP contribution in [0.1, 0.15) is 43.4 Å². The Morgan fingerprint density at radius 1 is 1.47 bits per heavy atom. The van der Waals surface area contributed by atoms with Crippen molar-refractivity contribution in [3.8, 4) is 0 Å². The van der Waals surface area contributed by atoms with Crippen LogP contribution in [-0.2, 0) is 9.47 Å². The molecule has 0 radical (unpaired) electrons. The summed E-state index contributed by atoms with van der Waals surface area (Å²) in [6.45, 7) is 4.50. The van der Waals surface area contributed by atoms with Crippen LogP contribution in [0.2, 0.25) is 0 Å². The summed E-state index contributed by atoms with van der Waals surface area (Å²) in [6, 6.07) is -0.313. The minimum Gasteiger partial charge on any atom is -0.381 e. The molecule has 1 aromatic rings. The van der Waals surface area contributed by atoms with E-state index in [1.54, 1.807) is 0 Å². The van der Waals surface area contributed by atoms with E-state index < -0.39 is 0 Å². The Morgan fingerprint density at radius 3 is 2.94 bits per heavy atom. The molecule has 2 N–H and O–H groups in total. The van der Waals surface area contributed by atoms with Crippen LogP contribution < -0.4 is 5.73 Å². The highest BCUT2D eigenvalue weighted by atomic mass is 16.5. The summed E-state index contributed by atoms with van der Waals surface area (Å²) < 4.78 is 15.8. The van der Waals surface area contributed by atoms with Crippen molar-refractivity contribution >= 4 is 0 Å². The van der Waals surface area contributed by atoms with Crippen molar-refractivity contribution in [1.82, 2.24) is 10.1 Å². The summed E-state index contributed by atoms with van der Waals surface area (Å²) in [5.74, 6) is 1.51. The lowest BCUT2D eigenvalue weighted by molar-refractivity contribution is 0.0778. The number of nitrogens with zero attached hydrogens (tertiary/aromatic N) is 2. The lowest BCUT2D eigenvalue weighted by Crippen LogP contribution is -2.19. The molecule has 6 heteroatoms. The average molecular weight is 241 g/mol. The zero-order chi connectivity index (χ0) is 12.1. The van der Waals surface area contributed by atoms with E-state index in [-0.39, 0.29) is 6.04 Å². The molecule has 0 amide bonds. The molecule has 0 aromatic carbocycles. The third-order valence-electron chi connectivity index (χ3n) is 2.86. The van der Waals surface area contributed by atoms with E-state index in [0.29, 0.717) is 30.8 Å². The molecule has 0 saturated carbocycles. The third-order valence-corrected chi connectivity index (χ3v) is 2.86. The first-order valence-corrected chi connectivity index (χ1v) is 6.05. The van der Waals surface area contributed by atoms with E-state index in [0.717, 1.165) is 26.1 Å². The van der Waals surface area contributed by atoms with Gasteiger partial charge in [-0.1, -0.05) is 5.16 Å². The minimum atomic E-state index is -0.313. The number of aromatic nitrogens is 2. The highest BCUT2D eigenvalue weighted by Gasteiger charge is 2.23. The average Bonchev–Trinajstić information content (AvgIpc) is 2.86. The second-order valence-electron chi connectivity index (χ2n) is 4.14. The Hall–Kier alpha value is -0.980. The Morgan fingerprint density at radius 2 is 2.24 bits per heavy atom. The largest absolute Gasteiger partial charge is 0.381 e. The maximum atomic E-state index is 5.89. The molecule has 17 heavy (non-hydrogen) atoms. The van der Waals surface area contributed by atoms with Gasteiger partial charge in [0, 0.05) is 25.7 Å². The zero-order valence-corrected chi connectivity index (χ0v) is 10.1. The Kier molecular flexibility index (Phi) is 4.47. The van der Waals surface area contributed by atoms with Crippen molar-refractivity contribution in [2.24, 2.45) is 5.73 Å². The van der Waals surface area contributed by atoms with Gasteiger partial charge in [0.25, 0.3) is 0 Å². The summed E-state index contributed by atoms with van der Waals surface area (Å²) in [5, 5.41) is 3.91. The van der Waals surface area contributed by atoms with E-state index in [2.05, 4.69) is 10.1 Å². The van der Waals surface area contributed by atoms with Crippen LogP contribution in [0, 0.1) is 0 Å². The van der Waals surface area contributed by atoms with Crippen molar-refractivity contribution in [2.45, 2.75) is 31.7 Å². The third kappa shape index (κ3) is 3.24. The lowest BCUT2D eigenvalue weighted by Gasteiger charge is -2.18. The molecule has 2 heterocycles. The lowest BCUT2D eigenvalue weighted by atomic mass is 10.0. The fraction of sp³-hybridized carbons (Fsp3) is 0.818. The number of ether oxygens (including phenoxy) is 2. The van der Waals surface area contributed by atoms with Gasteiger partial charge in [-0.25, -0.2) is 0 Å². The van der Waals surface area contributed by atoms with Gasteiger partial charge >= 0.3 is 0 Å². The van der Waals surface area contributed by atoms with Crippen LogP contribution in [0.25, 0.3) is 0 Å². The molecule has 1 unspecified atom stereocenters. The highest BCUT2D eigenvalue weighted by Crippen LogP contribution is 2.25. The summed E-state index contributed by atoms with van der Waals surface area (Å²) in [6.07, 6.45) is 1.87. The van der Waals surface area contributed by atoms with Crippen LogP contribution in [0.3, 0.4) is 0 Å². The van der Waals surface area contributed by atoms with E-state index in [1.165, 1.54) is 0 Å². The maximum absolute atomic E-state index is 5.89. The summed E-state index contributed by atoms with van der Waals surface area (Å²) >= 11 is 0. The van der Waals surface area contributed by atoms with Crippen molar-refractivity contribution in [1.29, 1.82) is 0 Å². The normalized spacial score (nSPS) is 19.4. The molecule has 1 aromatic heterocycles. The number of hydrogen-bond acceptors (Lipinski definition) is 6. The van der Waals surface area contributed by atoms with E-state index in [4.69, 9.17) is 19.7 Å². The van der Waals surface area contributed by atoms with Crippen molar-refractivity contribution in [3.63, 3.8) is 0 Å². The minimum absolute atomic E-state index is 0.310. The van der Waals surface area contributed by atoms with Crippen LogP contribution in [0.15, 0.2) is 4.52 Å². The number of rotatable bonds is 5. The molecule has 1 fully saturated rings. The quantitative estimate of drug-likeness (QED) is 0.828. The number of nitrogens with two attached hydrogens (primary N) is 1. The molecule has 1 atom stereocenters. The molecule has 1 aliphatic rings. The van der Waals surface area contributed by atoms with Gasteiger partial charge < -0.3 is 19.7 Å². The Balaban J connectivity index is 1.94. The first kappa shape index (κ1) is 12.5. The predicted molar refractivity (Wildman–Crippen MR) is 60.5 cm³/mol. The molecule has 1 saturated heterocycles. The van der Waals surface area contributed by atoms with Gasteiger partial charge in [-0.05, 0) is 19.8 Å². The van der Waals surface area contributed by atoms with Gasteiger partial charge in [-0.2, -0.15) is 4.98 Å². The monoisotopic (exact) mass is 241 g/mol. The molecular formula is C11H19N3O3. The molecular weight excluding hydrogens is 222 g/mol. The van der Waals surface area contributed by atoms with Crippen LogP contribution >= 0.6 is 0 Å².